The zero-order valence-corrected chi connectivity index (χ0v) is 9.25. The molecule has 1 aliphatic heterocycles. The van der Waals surface area contributed by atoms with E-state index >= 15 is 0 Å². The molecule has 80 valence electrons. The largest absolute Gasteiger partial charge is 0.340 e. The van der Waals surface area contributed by atoms with Crippen LogP contribution in [0.4, 0.5) is 0 Å². The Morgan fingerprint density at radius 1 is 1.57 bits per heavy atom. The third-order valence-electron chi connectivity index (χ3n) is 2.89. The number of hydrogen-bond donors (Lipinski definition) is 0. The number of ketones is 1. The number of Topliss-reactive ketones (excluding diaryl/α,β-unsaturated/α-hetero) is 1. The fourth-order valence-electron chi connectivity index (χ4n) is 1.96. The molecule has 0 saturated carbocycles. The normalized spacial score (nSPS) is 23.0. The van der Waals surface area contributed by atoms with E-state index in [0.717, 1.165) is 13.0 Å². The standard InChI is InChI=1S/C11H19NO2/c1-4-10(13)9-5-6-12(8(2)3)11(14)7-9/h8-9H,4-7H2,1-3H3. The molecule has 1 saturated heterocycles. The van der Waals surface area contributed by atoms with E-state index in [2.05, 4.69) is 0 Å². The van der Waals surface area contributed by atoms with Crippen molar-refractivity contribution in [2.24, 2.45) is 5.92 Å². The Balaban J connectivity index is 2.55. The summed E-state index contributed by atoms with van der Waals surface area (Å²) in [7, 11) is 0. The number of hydrogen-bond acceptors (Lipinski definition) is 2. The maximum atomic E-state index is 11.6. The molecule has 0 radical (unpaired) electrons. The Bertz CT molecular complexity index is 235. The molecule has 0 aromatic heterocycles. The number of rotatable bonds is 3. The number of carbonyl (C=O) groups is 2. The molecule has 1 rings (SSSR count). The molecular weight excluding hydrogens is 178 g/mol. The van der Waals surface area contributed by atoms with E-state index in [4.69, 9.17) is 0 Å². The molecule has 1 unspecified atom stereocenters. The summed E-state index contributed by atoms with van der Waals surface area (Å²) in [6.45, 7) is 6.63. The number of piperidine rings is 1. The summed E-state index contributed by atoms with van der Waals surface area (Å²) in [6, 6.07) is 0.264. The Morgan fingerprint density at radius 2 is 2.21 bits per heavy atom. The molecule has 3 nitrogen and oxygen atoms in total. The van der Waals surface area contributed by atoms with Crippen LogP contribution in [-0.4, -0.2) is 29.2 Å². The van der Waals surface area contributed by atoms with Crippen LogP contribution in [-0.2, 0) is 9.59 Å². The lowest BCUT2D eigenvalue weighted by molar-refractivity contribution is -0.141. The fourth-order valence-corrected chi connectivity index (χ4v) is 1.96. The van der Waals surface area contributed by atoms with E-state index in [1.165, 1.54) is 0 Å². The van der Waals surface area contributed by atoms with Crippen molar-refractivity contribution in [2.75, 3.05) is 6.54 Å². The van der Waals surface area contributed by atoms with Gasteiger partial charge in [-0.1, -0.05) is 6.92 Å². The molecule has 3 heteroatoms. The zero-order valence-electron chi connectivity index (χ0n) is 9.25. The van der Waals surface area contributed by atoms with Crippen LogP contribution >= 0.6 is 0 Å². The van der Waals surface area contributed by atoms with E-state index in [9.17, 15) is 9.59 Å². The number of amides is 1. The van der Waals surface area contributed by atoms with Gasteiger partial charge in [-0.3, -0.25) is 9.59 Å². The molecule has 14 heavy (non-hydrogen) atoms. The third kappa shape index (κ3) is 2.34. The van der Waals surface area contributed by atoms with E-state index in [0.29, 0.717) is 12.8 Å². The van der Waals surface area contributed by atoms with Crippen molar-refractivity contribution in [3.05, 3.63) is 0 Å². The van der Waals surface area contributed by atoms with Crippen molar-refractivity contribution in [1.29, 1.82) is 0 Å². The van der Waals surface area contributed by atoms with Gasteiger partial charge in [0.25, 0.3) is 0 Å². The first-order valence-electron chi connectivity index (χ1n) is 5.38. The number of nitrogens with zero attached hydrogens (tertiary/aromatic N) is 1. The predicted molar refractivity (Wildman–Crippen MR) is 54.9 cm³/mol. The Labute approximate surface area is 85.5 Å². The van der Waals surface area contributed by atoms with Crippen LogP contribution in [0.5, 0.6) is 0 Å². The van der Waals surface area contributed by atoms with Crippen molar-refractivity contribution in [3.63, 3.8) is 0 Å². The third-order valence-corrected chi connectivity index (χ3v) is 2.89. The minimum atomic E-state index is -0.0116. The quantitative estimate of drug-likeness (QED) is 0.689. The van der Waals surface area contributed by atoms with Crippen molar-refractivity contribution in [3.8, 4) is 0 Å². The smallest absolute Gasteiger partial charge is 0.223 e. The Morgan fingerprint density at radius 3 is 2.64 bits per heavy atom. The highest BCUT2D eigenvalue weighted by Crippen LogP contribution is 2.21. The van der Waals surface area contributed by atoms with E-state index in [-0.39, 0.29) is 23.7 Å². The molecule has 1 aliphatic rings. The van der Waals surface area contributed by atoms with Gasteiger partial charge in [0, 0.05) is 31.3 Å². The topological polar surface area (TPSA) is 37.4 Å². The average Bonchev–Trinajstić information content (AvgIpc) is 2.15. The van der Waals surface area contributed by atoms with Crippen molar-refractivity contribution < 1.29 is 9.59 Å². The van der Waals surface area contributed by atoms with E-state index in [1.54, 1.807) is 0 Å². The summed E-state index contributed by atoms with van der Waals surface area (Å²) in [6.07, 6.45) is 1.82. The van der Waals surface area contributed by atoms with Crippen molar-refractivity contribution >= 4 is 11.7 Å². The highest BCUT2D eigenvalue weighted by atomic mass is 16.2. The van der Waals surface area contributed by atoms with Crippen LogP contribution in [0.25, 0.3) is 0 Å². The second-order valence-corrected chi connectivity index (χ2v) is 4.19. The lowest BCUT2D eigenvalue weighted by atomic mass is 9.90. The first kappa shape index (κ1) is 11.2. The molecular formula is C11H19NO2. The lowest BCUT2D eigenvalue weighted by Gasteiger charge is -2.33. The van der Waals surface area contributed by atoms with Gasteiger partial charge in [0.2, 0.25) is 5.91 Å². The zero-order chi connectivity index (χ0) is 10.7. The molecule has 0 aromatic rings. The minimum Gasteiger partial charge on any atom is -0.340 e. The van der Waals surface area contributed by atoms with Gasteiger partial charge in [-0.15, -0.1) is 0 Å². The maximum absolute atomic E-state index is 11.6. The second kappa shape index (κ2) is 4.58. The molecule has 1 amide bonds. The Kier molecular flexibility index (Phi) is 3.67. The van der Waals surface area contributed by atoms with Gasteiger partial charge in [-0.05, 0) is 20.3 Å². The molecule has 1 heterocycles. The summed E-state index contributed by atoms with van der Waals surface area (Å²) in [5.74, 6) is 0.363. The highest BCUT2D eigenvalue weighted by Gasteiger charge is 2.30. The second-order valence-electron chi connectivity index (χ2n) is 4.19. The lowest BCUT2D eigenvalue weighted by Crippen LogP contribution is -2.44. The summed E-state index contributed by atoms with van der Waals surface area (Å²) >= 11 is 0. The first-order chi connectivity index (χ1) is 6.56. The predicted octanol–water partition coefficient (Wildman–Crippen LogP) is 1.61. The SMILES string of the molecule is CCC(=O)C1CCN(C(C)C)C(=O)C1. The van der Waals surface area contributed by atoms with Gasteiger partial charge in [-0.25, -0.2) is 0 Å². The fraction of sp³-hybridized carbons (Fsp3) is 0.818. The molecule has 0 N–H and O–H groups in total. The summed E-state index contributed by atoms with van der Waals surface area (Å²) < 4.78 is 0. The first-order valence-corrected chi connectivity index (χ1v) is 5.38. The molecule has 1 fully saturated rings. The number of carbonyl (C=O) groups excluding carboxylic acids is 2. The van der Waals surface area contributed by atoms with E-state index < -0.39 is 0 Å². The van der Waals surface area contributed by atoms with Crippen molar-refractivity contribution in [2.45, 2.75) is 46.1 Å². The summed E-state index contributed by atoms with van der Waals surface area (Å²) in [5, 5.41) is 0. The van der Waals surface area contributed by atoms with Gasteiger partial charge in [0.05, 0.1) is 0 Å². The van der Waals surface area contributed by atoms with E-state index in [1.807, 2.05) is 25.7 Å². The van der Waals surface area contributed by atoms with Crippen LogP contribution in [0.15, 0.2) is 0 Å². The minimum absolute atomic E-state index is 0.0116. The number of likely N-dealkylation sites (tertiary alicyclic amines) is 1. The highest BCUT2D eigenvalue weighted by molar-refractivity contribution is 5.88. The molecule has 1 atom stereocenters. The van der Waals surface area contributed by atoms with Gasteiger partial charge < -0.3 is 4.90 Å². The monoisotopic (exact) mass is 197 g/mol. The Hall–Kier alpha value is -0.860. The summed E-state index contributed by atoms with van der Waals surface area (Å²) in [5.41, 5.74) is 0. The van der Waals surface area contributed by atoms with Gasteiger partial charge in [0.1, 0.15) is 5.78 Å². The molecule has 0 spiro atoms. The van der Waals surface area contributed by atoms with Crippen LogP contribution < -0.4 is 0 Å². The van der Waals surface area contributed by atoms with Crippen LogP contribution in [0, 0.1) is 5.92 Å². The average molecular weight is 197 g/mol. The summed E-state index contributed by atoms with van der Waals surface area (Å²) in [4.78, 5) is 24.9. The van der Waals surface area contributed by atoms with Gasteiger partial charge in [0.15, 0.2) is 0 Å². The molecule has 0 bridgehead atoms. The van der Waals surface area contributed by atoms with Crippen LogP contribution in [0.1, 0.15) is 40.0 Å². The van der Waals surface area contributed by atoms with Crippen molar-refractivity contribution in [1.82, 2.24) is 4.90 Å². The van der Waals surface area contributed by atoms with Gasteiger partial charge in [-0.2, -0.15) is 0 Å². The molecule has 0 aliphatic carbocycles. The van der Waals surface area contributed by atoms with Crippen LogP contribution in [0.2, 0.25) is 0 Å². The maximum Gasteiger partial charge on any atom is 0.223 e. The van der Waals surface area contributed by atoms with Gasteiger partial charge >= 0.3 is 0 Å². The molecule has 0 aromatic carbocycles. The van der Waals surface area contributed by atoms with Crippen LogP contribution in [0.3, 0.4) is 0 Å².